The number of carbonyl (C=O) groups is 1. The van der Waals surface area contributed by atoms with Gasteiger partial charge in [-0.3, -0.25) is 0 Å². The second-order valence-electron chi connectivity index (χ2n) is 3.80. The molecule has 20 heavy (non-hydrogen) atoms. The summed E-state index contributed by atoms with van der Waals surface area (Å²) in [5.74, 6) is -0.0835. The second kappa shape index (κ2) is 5.66. The van der Waals surface area contributed by atoms with Gasteiger partial charge in [-0.05, 0) is 24.3 Å². The van der Waals surface area contributed by atoms with E-state index in [9.17, 15) is 4.79 Å². The molecule has 0 saturated carbocycles. The van der Waals surface area contributed by atoms with Crippen LogP contribution in [-0.2, 0) is 0 Å². The number of aromatic nitrogens is 1. The van der Waals surface area contributed by atoms with Crippen molar-refractivity contribution in [3.05, 3.63) is 41.0 Å². The van der Waals surface area contributed by atoms with Gasteiger partial charge in [0.2, 0.25) is 5.88 Å². The molecule has 1 aromatic heterocycles. The van der Waals surface area contributed by atoms with Crippen molar-refractivity contribution in [2.45, 2.75) is 0 Å². The van der Waals surface area contributed by atoms with Gasteiger partial charge in [-0.2, -0.15) is 0 Å². The van der Waals surface area contributed by atoms with Gasteiger partial charge in [-0.1, -0.05) is 11.6 Å². The number of aromatic carboxylic acids is 1. The minimum atomic E-state index is -1.28. The van der Waals surface area contributed by atoms with E-state index in [1.807, 2.05) is 0 Å². The Balaban J connectivity index is 2.31. The van der Waals surface area contributed by atoms with Crippen LogP contribution in [0.1, 0.15) is 10.5 Å². The lowest BCUT2D eigenvalue weighted by atomic mass is 10.3. The third kappa shape index (κ3) is 2.92. The van der Waals surface area contributed by atoms with Crippen molar-refractivity contribution in [1.82, 2.24) is 4.98 Å². The summed E-state index contributed by atoms with van der Waals surface area (Å²) in [5.41, 5.74) is 5.36. The van der Waals surface area contributed by atoms with Crippen LogP contribution in [-0.4, -0.2) is 23.2 Å². The number of nitrogens with zero attached hydrogens (tertiary/aromatic N) is 1. The molecule has 0 saturated heterocycles. The van der Waals surface area contributed by atoms with Crippen molar-refractivity contribution in [3.63, 3.8) is 0 Å². The smallest absolute Gasteiger partial charge is 0.356 e. The zero-order chi connectivity index (χ0) is 14.7. The summed E-state index contributed by atoms with van der Waals surface area (Å²) in [5, 5.41) is 8.86. The van der Waals surface area contributed by atoms with Gasteiger partial charge < -0.3 is 20.3 Å². The van der Waals surface area contributed by atoms with E-state index in [0.29, 0.717) is 11.5 Å². The zero-order valence-electron chi connectivity index (χ0n) is 10.5. The number of methoxy groups -OCH3 is 1. The fourth-order valence-corrected chi connectivity index (χ4v) is 1.66. The fourth-order valence-electron chi connectivity index (χ4n) is 1.48. The molecular formula is C13H11ClN2O4. The van der Waals surface area contributed by atoms with Crippen LogP contribution in [0.4, 0.5) is 5.69 Å². The highest BCUT2D eigenvalue weighted by molar-refractivity contribution is 6.35. The molecule has 6 nitrogen and oxygen atoms in total. The maximum atomic E-state index is 11.0. The summed E-state index contributed by atoms with van der Waals surface area (Å²) in [6, 6.07) is 8.08. The van der Waals surface area contributed by atoms with E-state index in [1.165, 1.54) is 6.07 Å². The number of ether oxygens (including phenoxy) is 2. The molecule has 2 aromatic rings. The first-order chi connectivity index (χ1) is 9.51. The molecule has 0 aliphatic rings. The molecule has 1 aromatic carbocycles. The highest BCUT2D eigenvalue weighted by Gasteiger charge is 2.16. The van der Waals surface area contributed by atoms with Gasteiger partial charge in [-0.15, -0.1) is 0 Å². The maximum absolute atomic E-state index is 11.0. The lowest BCUT2D eigenvalue weighted by Gasteiger charge is -2.08. The summed E-state index contributed by atoms with van der Waals surface area (Å²) in [6.45, 7) is 0. The van der Waals surface area contributed by atoms with Crippen molar-refractivity contribution < 1.29 is 19.4 Å². The fraction of sp³-hybridized carbons (Fsp3) is 0.0769. The van der Waals surface area contributed by atoms with Crippen LogP contribution in [0.2, 0.25) is 5.02 Å². The van der Waals surface area contributed by atoms with Crippen molar-refractivity contribution in [2.75, 3.05) is 12.8 Å². The lowest BCUT2D eigenvalue weighted by Crippen LogP contribution is -2.05. The number of hydrogen-bond acceptors (Lipinski definition) is 5. The van der Waals surface area contributed by atoms with Crippen LogP contribution in [0.25, 0.3) is 0 Å². The van der Waals surface area contributed by atoms with Gasteiger partial charge in [0.1, 0.15) is 11.5 Å². The number of anilines is 1. The number of carboxylic acid groups (broad SMARTS) is 1. The maximum Gasteiger partial charge on any atom is 0.356 e. The average molecular weight is 295 g/mol. The Morgan fingerprint density at radius 3 is 2.45 bits per heavy atom. The largest absolute Gasteiger partial charge is 0.497 e. The molecule has 3 N–H and O–H groups in total. The summed E-state index contributed by atoms with van der Waals surface area (Å²) in [7, 11) is 1.55. The Kier molecular flexibility index (Phi) is 3.95. The molecule has 7 heteroatoms. The van der Waals surface area contributed by atoms with Crippen molar-refractivity contribution in [1.29, 1.82) is 0 Å². The summed E-state index contributed by atoms with van der Waals surface area (Å²) in [6.07, 6.45) is 0. The minimum absolute atomic E-state index is 0.0504. The number of halogens is 1. The molecule has 0 aliphatic carbocycles. The molecule has 1 heterocycles. The average Bonchev–Trinajstić information content (AvgIpc) is 2.43. The number of benzene rings is 1. The molecule has 0 fully saturated rings. The molecule has 0 radical (unpaired) electrons. The number of pyridine rings is 1. The monoisotopic (exact) mass is 294 g/mol. The van der Waals surface area contributed by atoms with Crippen LogP contribution < -0.4 is 15.2 Å². The molecule has 104 valence electrons. The van der Waals surface area contributed by atoms with E-state index in [4.69, 9.17) is 31.9 Å². The summed E-state index contributed by atoms with van der Waals surface area (Å²) >= 11 is 5.76. The SMILES string of the molecule is COc1ccc(Oc2cc(N)c(Cl)c(C(=O)O)n2)cc1. The van der Waals surface area contributed by atoms with Crippen LogP contribution in [0.3, 0.4) is 0 Å². The summed E-state index contributed by atoms with van der Waals surface area (Å²) < 4.78 is 10.5. The molecule has 0 spiro atoms. The van der Waals surface area contributed by atoms with E-state index in [1.54, 1.807) is 31.4 Å². The van der Waals surface area contributed by atoms with E-state index in [0.717, 1.165) is 0 Å². The first-order valence-electron chi connectivity index (χ1n) is 5.52. The van der Waals surface area contributed by atoms with Gasteiger partial charge >= 0.3 is 5.97 Å². The first kappa shape index (κ1) is 14.0. The van der Waals surface area contributed by atoms with Gasteiger partial charge in [0.15, 0.2) is 5.69 Å². The Bertz CT molecular complexity index is 644. The Labute approximate surface area is 119 Å². The number of nitrogen functional groups attached to an aromatic ring is 1. The predicted octanol–water partition coefficient (Wildman–Crippen LogP) is 2.82. The molecule has 0 aliphatic heterocycles. The second-order valence-corrected chi connectivity index (χ2v) is 4.17. The molecule has 0 atom stereocenters. The predicted molar refractivity (Wildman–Crippen MR) is 73.7 cm³/mol. The van der Waals surface area contributed by atoms with Gasteiger partial charge in [0.05, 0.1) is 17.8 Å². The van der Waals surface area contributed by atoms with Gasteiger partial charge in [-0.25, -0.2) is 9.78 Å². The van der Waals surface area contributed by atoms with Crippen LogP contribution in [0, 0.1) is 0 Å². The topological polar surface area (TPSA) is 94.7 Å². The van der Waals surface area contributed by atoms with Crippen LogP contribution >= 0.6 is 11.6 Å². The molecule has 2 rings (SSSR count). The Morgan fingerprint density at radius 1 is 1.30 bits per heavy atom. The highest BCUT2D eigenvalue weighted by atomic mass is 35.5. The van der Waals surface area contributed by atoms with Crippen molar-refractivity contribution in [2.24, 2.45) is 0 Å². The van der Waals surface area contributed by atoms with E-state index in [-0.39, 0.29) is 22.3 Å². The van der Waals surface area contributed by atoms with E-state index in [2.05, 4.69) is 4.98 Å². The van der Waals surface area contributed by atoms with Crippen molar-refractivity contribution in [3.8, 4) is 17.4 Å². The van der Waals surface area contributed by atoms with E-state index < -0.39 is 5.97 Å². The zero-order valence-corrected chi connectivity index (χ0v) is 11.2. The first-order valence-corrected chi connectivity index (χ1v) is 5.90. The van der Waals surface area contributed by atoms with Crippen LogP contribution in [0.15, 0.2) is 30.3 Å². The molecule has 0 bridgehead atoms. The van der Waals surface area contributed by atoms with Crippen LogP contribution in [0.5, 0.6) is 17.4 Å². The number of rotatable bonds is 4. The van der Waals surface area contributed by atoms with E-state index >= 15 is 0 Å². The minimum Gasteiger partial charge on any atom is -0.497 e. The number of nitrogens with two attached hydrogens (primary N) is 1. The van der Waals surface area contributed by atoms with Gasteiger partial charge in [0.25, 0.3) is 0 Å². The third-order valence-corrected chi connectivity index (χ3v) is 2.84. The molecular weight excluding hydrogens is 284 g/mol. The molecule has 0 amide bonds. The Morgan fingerprint density at radius 2 is 1.90 bits per heavy atom. The highest BCUT2D eigenvalue weighted by Crippen LogP contribution is 2.29. The number of hydrogen-bond donors (Lipinski definition) is 2. The number of carboxylic acids is 1. The normalized spacial score (nSPS) is 10.1. The standard InChI is InChI=1S/C13H11ClN2O4/c1-19-7-2-4-8(5-3-7)20-10-6-9(15)11(14)12(16-10)13(17)18/h2-6H,1H3,(H2,15,16)(H,17,18). The lowest BCUT2D eigenvalue weighted by molar-refractivity contribution is 0.0690. The quantitative estimate of drug-likeness (QED) is 0.900. The van der Waals surface area contributed by atoms with Crippen molar-refractivity contribution >= 4 is 23.3 Å². The summed E-state index contributed by atoms with van der Waals surface area (Å²) in [4.78, 5) is 14.8. The third-order valence-electron chi connectivity index (χ3n) is 2.45. The molecule has 0 unspecified atom stereocenters. The van der Waals surface area contributed by atoms with Gasteiger partial charge in [0, 0.05) is 6.07 Å². The Hall–Kier alpha value is -2.47.